The average molecular weight is 227 g/mol. The zero-order chi connectivity index (χ0) is 10.8. The van der Waals surface area contributed by atoms with Gasteiger partial charge in [0.25, 0.3) is 0 Å². The van der Waals surface area contributed by atoms with Crippen LogP contribution >= 0.6 is 11.6 Å². The largest absolute Gasteiger partial charge is 0.454 e. The summed E-state index contributed by atoms with van der Waals surface area (Å²) in [6.45, 7) is 2.13. The normalized spacial score (nSPS) is 12.9. The standard InChI is InChI=1S/C11H11ClO3/c1-7-10(12)8(3-2-4-13)5-9-11(7)15-6-14-9/h4-5H,2-3,6H2,1H3. The number of aryl methyl sites for hydroxylation is 1. The summed E-state index contributed by atoms with van der Waals surface area (Å²) in [6, 6.07) is 1.85. The quantitative estimate of drug-likeness (QED) is 0.743. The number of ether oxygens (including phenoxy) is 2. The van der Waals surface area contributed by atoms with Gasteiger partial charge in [0.2, 0.25) is 6.79 Å². The van der Waals surface area contributed by atoms with Crippen molar-refractivity contribution in [2.75, 3.05) is 6.79 Å². The maximum atomic E-state index is 10.3. The molecule has 1 heterocycles. The highest BCUT2D eigenvalue weighted by atomic mass is 35.5. The second-order valence-electron chi connectivity index (χ2n) is 3.41. The first-order chi connectivity index (χ1) is 7.24. The Morgan fingerprint density at radius 2 is 2.33 bits per heavy atom. The highest BCUT2D eigenvalue weighted by molar-refractivity contribution is 6.32. The van der Waals surface area contributed by atoms with Gasteiger partial charge in [-0.3, -0.25) is 0 Å². The first kappa shape index (κ1) is 10.3. The molecule has 0 amide bonds. The van der Waals surface area contributed by atoms with E-state index in [0.29, 0.717) is 17.9 Å². The molecule has 1 aromatic rings. The summed E-state index contributed by atoms with van der Waals surface area (Å²) in [5.74, 6) is 1.44. The first-order valence-electron chi connectivity index (χ1n) is 4.75. The molecular formula is C11H11ClO3. The van der Waals surface area contributed by atoms with Crippen LogP contribution < -0.4 is 9.47 Å². The minimum atomic E-state index is 0.240. The molecule has 0 aromatic heterocycles. The number of rotatable bonds is 3. The van der Waals surface area contributed by atoms with Gasteiger partial charge in [0.15, 0.2) is 11.5 Å². The Kier molecular flexibility index (Phi) is 2.82. The van der Waals surface area contributed by atoms with Crippen molar-refractivity contribution in [2.45, 2.75) is 19.8 Å². The molecule has 0 N–H and O–H groups in total. The fourth-order valence-electron chi connectivity index (χ4n) is 1.65. The van der Waals surface area contributed by atoms with Crippen molar-refractivity contribution in [3.63, 3.8) is 0 Å². The summed E-state index contributed by atoms with van der Waals surface area (Å²) < 4.78 is 10.6. The molecule has 2 rings (SSSR count). The molecule has 0 saturated heterocycles. The van der Waals surface area contributed by atoms with Gasteiger partial charge < -0.3 is 14.3 Å². The summed E-state index contributed by atoms with van der Waals surface area (Å²) in [5.41, 5.74) is 1.82. The minimum absolute atomic E-state index is 0.240. The van der Waals surface area contributed by atoms with Crippen molar-refractivity contribution < 1.29 is 14.3 Å². The smallest absolute Gasteiger partial charge is 0.231 e. The average Bonchev–Trinajstić information content (AvgIpc) is 2.69. The maximum absolute atomic E-state index is 10.3. The third kappa shape index (κ3) is 1.79. The topological polar surface area (TPSA) is 35.5 Å². The Labute approximate surface area is 92.9 Å². The first-order valence-corrected chi connectivity index (χ1v) is 5.13. The molecule has 0 radical (unpaired) electrons. The minimum Gasteiger partial charge on any atom is -0.454 e. The Morgan fingerprint density at radius 1 is 1.53 bits per heavy atom. The summed E-state index contributed by atoms with van der Waals surface area (Å²) in [7, 11) is 0. The predicted molar refractivity (Wildman–Crippen MR) is 56.7 cm³/mol. The van der Waals surface area contributed by atoms with E-state index in [-0.39, 0.29) is 6.79 Å². The molecule has 0 unspecified atom stereocenters. The second-order valence-corrected chi connectivity index (χ2v) is 3.79. The van der Waals surface area contributed by atoms with Crippen LogP contribution in [0.1, 0.15) is 17.5 Å². The number of fused-ring (bicyclic) bond motifs is 1. The number of carbonyl (C=O) groups is 1. The van der Waals surface area contributed by atoms with Gasteiger partial charge in [-0.2, -0.15) is 0 Å². The van der Waals surface area contributed by atoms with Gasteiger partial charge in [-0.25, -0.2) is 0 Å². The third-order valence-corrected chi connectivity index (χ3v) is 2.96. The fourth-order valence-corrected chi connectivity index (χ4v) is 1.88. The molecular weight excluding hydrogens is 216 g/mol. The highest BCUT2D eigenvalue weighted by Gasteiger charge is 2.20. The number of hydrogen-bond donors (Lipinski definition) is 0. The Morgan fingerprint density at radius 3 is 3.07 bits per heavy atom. The van der Waals surface area contributed by atoms with Crippen LogP contribution in [0.4, 0.5) is 0 Å². The number of carbonyl (C=O) groups excluding carboxylic acids is 1. The summed E-state index contributed by atoms with van der Waals surface area (Å²) in [6.07, 6.45) is 1.99. The van der Waals surface area contributed by atoms with E-state index in [1.807, 2.05) is 13.0 Å². The van der Waals surface area contributed by atoms with Gasteiger partial charge in [-0.15, -0.1) is 0 Å². The van der Waals surface area contributed by atoms with Gasteiger partial charge in [0, 0.05) is 12.0 Å². The van der Waals surface area contributed by atoms with Crippen molar-refractivity contribution in [1.82, 2.24) is 0 Å². The van der Waals surface area contributed by atoms with E-state index in [1.54, 1.807) is 0 Å². The van der Waals surface area contributed by atoms with E-state index in [0.717, 1.165) is 28.9 Å². The summed E-state index contributed by atoms with van der Waals surface area (Å²) in [4.78, 5) is 10.3. The molecule has 0 spiro atoms. The van der Waals surface area contributed by atoms with E-state index in [9.17, 15) is 4.79 Å². The predicted octanol–water partition coefficient (Wildman–Crippen LogP) is 2.51. The molecule has 4 heteroatoms. The lowest BCUT2D eigenvalue weighted by atomic mass is 10.1. The van der Waals surface area contributed by atoms with Gasteiger partial charge >= 0.3 is 0 Å². The molecule has 1 aliphatic rings. The lowest BCUT2D eigenvalue weighted by molar-refractivity contribution is -0.107. The van der Waals surface area contributed by atoms with Crippen molar-refractivity contribution >= 4 is 17.9 Å². The number of hydrogen-bond acceptors (Lipinski definition) is 3. The SMILES string of the molecule is Cc1c(Cl)c(CCC=O)cc2c1OCO2. The van der Waals surface area contributed by atoms with Crippen molar-refractivity contribution in [1.29, 1.82) is 0 Å². The van der Waals surface area contributed by atoms with Crippen LogP contribution in [-0.4, -0.2) is 13.1 Å². The lowest BCUT2D eigenvalue weighted by Crippen LogP contribution is -1.93. The third-order valence-electron chi connectivity index (χ3n) is 2.43. The zero-order valence-corrected chi connectivity index (χ0v) is 9.13. The Bertz CT molecular complexity index is 401. The maximum Gasteiger partial charge on any atom is 0.231 e. The summed E-state index contributed by atoms with van der Waals surface area (Å²) >= 11 is 6.16. The molecule has 3 nitrogen and oxygen atoms in total. The molecule has 0 bridgehead atoms. The van der Waals surface area contributed by atoms with Gasteiger partial charge in [0.1, 0.15) is 6.29 Å². The monoisotopic (exact) mass is 226 g/mol. The van der Waals surface area contributed by atoms with E-state index in [2.05, 4.69) is 0 Å². The van der Waals surface area contributed by atoms with E-state index >= 15 is 0 Å². The molecule has 1 aliphatic heterocycles. The van der Waals surface area contributed by atoms with Crippen LogP contribution in [0.3, 0.4) is 0 Å². The van der Waals surface area contributed by atoms with E-state index < -0.39 is 0 Å². The fraction of sp³-hybridized carbons (Fsp3) is 0.364. The van der Waals surface area contributed by atoms with Crippen LogP contribution in [0.5, 0.6) is 11.5 Å². The van der Waals surface area contributed by atoms with Gasteiger partial charge in [0.05, 0.1) is 5.02 Å². The van der Waals surface area contributed by atoms with E-state index in [1.165, 1.54) is 0 Å². The van der Waals surface area contributed by atoms with Gasteiger partial charge in [-0.05, 0) is 25.0 Å². The molecule has 15 heavy (non-hydrogen) atoms. The highest BCUT2D eigenvalue weighted by Crippen LogP contribution is 2.41. The van der Waals surface area contributed by atoms with Crippen LogP contribution in [0.15, 0.2) is 6.07 Å². The number of halogens is 1. The Balaban J connectivity index is 2.39. The number of aldehydes is 1. The second kappa shape index (κ2) is 4.11. The van der Waals surface area contributed by atoms with Crippen LogP contribution in [0.25, 0.3) is 0 Å². The van der Waals surface area contributed by atoms with Gasteiger partial charge in [-0.1, -0.05) is 11.6 Å². The van der Waals surface area contributed by atoms with Crippen LogP contribution in [0.2, 0.25) is 5.02 Å². The lowest BCUT2D eigenvalue weighted by Gasteiger charge is -2.08. The van der Waals surface area contributed by atoms with Crippen molar-refractivity contribution in [2.24, 2.45) is 0 Å². The van der Waals surface area contributed by atoms with Crippen LogP contribution in [-0.2, 0) is 11.2 Å². The van der Waals surface area contributed by atoms with Crippen molar-refractivity contribution in [3.05, 3.63) is 22.2 Å². The molecule has 0 aliphatic carbocycles. The van der Waals surface area contributed by atoms with E-state index in [4.69, 9.17) is 21.1 Å². The molecule has 0 atom stereocenters. The van der Waals surface area contributed by atoms with Crippen molar-refractivity contribution in [3.8, 4) is 11.5 Å². The van der Waals surface area contributed by atoms with Crippen LogP contribution in [0, 0.1) is 6.92 Å². The summed E-state index contributed by atoms with van der Waals surface area (Å²) in [5, 5.41) is 0.668. The molecule has 0 fully saturated rings. The molecule has 0 saturated carbocycles. The molecule has 1 aromatic carbocycles. The zero-order valence-electron chi connectivity index (χ0n) is 8.38. The number of benzene rings is 1. The Hall–Kier alpha value is -1.22. The molecule has 80 valence electrons.